The first kappa shape index (κ1) is 13.5. The molecule has 0 aromatic heterocycles. The Balaban J connectivity index is 1.99. The minimum atomic E-state index is -0.232. The Morgan fingerprint density at radius 2 is 1.79 bits per heavy atom. The van der Waals surface area contributed by atoms with Crippen molar-refractivity contribution < 1.29 is 9.53 Å². The lowest BCUT2D eigenvalue weighted by Gasteiger charge is -2.46. The molecule has 0 N–H and O–H groups in total. The van der Waals surface area contributed by atoms with E-state index in [9.17, 15) is 4.79 Å². The molecule has 3 aliphatic rings. The van der Waals surface area contributed by atoms with Gasteiger partial charge in [-0.2, -0.15) is 0 Å². The zero-order chi connectivity index (χ0) is 14.1. The van der Waals surface area contributed by atoms with Gasteiger partial charge in [0.1, 0.15) is 5.60 Å². The van der Waals surface area contributed by atoms with Gasteiger partial charge in [-0.3, -0.25) is 4.79 Å². The SMILES string of the molecule is CC(=O)O[C@]1(C)CC[C@]23C[C@H]1C(C)(C)[C@H]2CC[C@H]3C. The predicted molar refractivity (Wildman–Crippen MR) is 75.6 cm³/mol. The van der Waals surface area contributed by atoms with Gasteiger partial charge in [0.25, 0.3) is 0 Å². The number of esters is 1. The molecular formula is C17H28O2. The average Bonchev–Trinajstić information content (AvgIpc) is 2.69. The molecule has 108 valence electrons. The summed E-state index contributed by atoms with van der Waals surface area (Å²) in [6.07, 6.45) is 6.35. The second-order valence-corrected chi connectivity index (χ2v) is 8.25. The van der Waals surface area contributed by atoms with E-state index in [2.05, 4.69) is 27.7 Å². The fourth-order valence-corrected chi connectivity index (χ4v) is 6.31. The summed E-state index contributed by atoms with van der Waals surface area (Å²) in [7, 11) is 0. The molecule has 0 unspecified atom stereocenters. The molecule has 2 heteroatoms. The second kappa shape index (κ2) is 3.77. The highest BCUT2D eigenvalue weighted by Gasteiger charge is 2.68. The highest BCUT2D eigenvalue weighted by Crippen LogP contribution is 2.73. The third kappa shape index (κ3) is 1.58. The van der Waals surface area contributed by atoms with Gasteiger partial charge in [-0.05, 0) is 61.7 Å². The van der Waals surface area contributed by atoms with Crippen LogP contribution in [0.15, 0.2) is 0 Å². The predicted octanol–water partition coefficient (Wildman–Crippen LogP) is 4.18. The lowest BCUT2D eigenvalue weighted by atomic mass is 9.64. The molecule has 0 aromatic carbocycles. The summed E-state index contributed by atoms with van der Waals surface area (Å²) in [6, 6.07) is 0. The molecule has 2 bridgehead atoms. The molecule has 0 heterocycles. The second-order valence-electron chi connectivity index (χ2n) is 8.25. The standard InChI is InChI=1S/C17H28O2/c1-11-6-7-13-15(3,4)14-10-17(11,13)9-8-16(14,5)19-12(2)18/h11,13-14H,6-10H2,1-5H3/t11-,13-,14+,16-,17-/m1/s1. The van der Waals surface area contributed by atoms with Gasteiger partial charge in [-0.15, -0.1) is 0 Å². The van der Waals surface area contributed by atoms with Crippen LogP contribution in [0, 0.1) is 28.6 Å². The summed E-state index contributed by atoms with van der Waals surface area (Å²) in [4.78, 5) is 11.5. The Morgan fingerprint density at radius 1 is 1.11 bits per heavy atom. The fourth-order valence-electron chi connectivity index (χ4n) is 6.31. The van der Waals surface area contributed by atoms with Gasteiger partial charge in [-0.25, -0.2) is 0 Å². The number of fused-ring (bicyclic) bond motifs is 1. The lowest BCUT2D eigenvalue weighted by molar-refractivity contribution is -0.171. The molecule has 5 atom stereocenters. The van der Waals surface area contributed by atoms with Crippen LogP contribution in [0.2, 0.25) is 0 Å². The van der Waals surface area contributed by atoms with Crippen molar-refractivity contribution in [2.24, 2.45) is 28.6 Å². The Labute approximate surface area is 117 Å². The summed E-state index contributed by atoms with van der Waals surface area (Å²) in [5.74, 6) is 2.10. The third-order valence-corrected chi connectivity index (χ3v) is 7.15. The molecule has 3 aliphatic carbocycles. The maximum absolute atomic E-state index is 11.5. The molecule has 0 amide bonds. The Hall–Kier alpha value is -0.530. The van der Waals surface area contributed by atoms with Crippen LogP contribution in [0.3, 0.4) is 0 Å². The van der Waals surface area contributed by atoms with Crippen LogP contribution in [0.5, 0.6) is 0 Å². The van der Waals surface area contributed by atoms with Crippen LogP contribution in [0.25, 0.3) is 0 Å². The quantitative estimate of drug-likeness (QED) is 0.664. The third-order valence-electron chi connectivity index (χ3n) is 7.15. The fraction of sp³-hybridized carbons (Fsp3) is 0.941. The Bertz CT molecular complexity index is 413. The van der Waals surface area contributed by atoms with E-state index in [1.165, 1.54) is 25.7 Å². The minimum absolute atomic E-state index is 0.112. The van der Waals surface area contributed by atoms with Crippen molar-refractivity contribution in [1.29, 1.82) is 0 Å². The van der Waals surface area contributed by atoms with E-state index in [0.717, 1.165) is 18.3 Å². The molecule has 19 heavy (non-hydrogen) atoms. The van der Waals surface area contributed by atoms with Crippen molar-refractivity contribution in [2.45, 2.75) is 72.3 Å². The molecule has 3 rings (SSSR count). The van der Waals surface area contributed by atoms with E-state index in [1.54, 1.807) is 6.92 Å². The van der Waals surface area contributed by atoms with Gasteiger partial charge in [0.05, 0.1) is 0 Å². The summed E-state index contributed by atoms with van der Waals surface area (Å²) < 4.78 is 5.80. The number of hydrogen-bond donors (Lipinski definition) is 0. The molecular weight excluding hydrogens is 236 g/mol. The van der Waals surface area contributed by atoms with E-state index in [4.69, 9.17) is 4.74 Å². The number of ether oxygens (including phenoxy) is 1. The molecule has 0 aliphatic heterocycles. The van der Waals surface area contributed by atoms with Gasteiger partial charge < -0.3 is 4.74 Å². The van der Waals surface area contributed by atoms with Crippen LogP contribution >= 0.6 is 0 Å². The molecule has 0 aromatic rings. The Morgan fingerprint density at radius 3 is 2.42 bits per heavy atom. The van der Waals surface area contributed by atoms with Gasteiger partial charge in [0.2, 0.25) is 0 Å². The Kier molecular flexibility index (Phi) is 2.67. The first-order chi connectivity index (χ1) is 8.72. The first-order valence-electron chi connectivity index (χ1n) is 7.92. The summed E-state index contributed by atoms with van der Waals surface area (Å²) in [5.41, 5.74) is 0.629. The van der Waals surface area contributed by atoms with E-state index in [1.807, 2.05) is 0 Å². The zero-order valence-electron chi connectivity index (χ0n) is 13.1. The average molecular weight is 264 g/mol. The van der Waals surface area contributed by atoms with Crippen molar-refractivity contribution in [3.8, 4) is 0 Å². The molecule has 0 saturated heterocycles. The van der Waals surface area contributed by atoms with Crippen LogP contribution < -0.4 is 0 Å². The zero-order valence-corrected chi connectivity index (χ0v) is 13.1. The van der Waals surface area contributed by atoms with Crippen molar-refractivity contribution in [3.05, 3.63) is 0 Å². The van der Waals surface area contributed by atoms with E-state index in [0.29, 0.717) is 16.7 Å². The molecule has 0 radical (unpaired) electrons. The lowest BCUT2D eigenvalue weighted by Crippen LogP contribution is -2.47. The van der Waals surface area contributed by atoms with Crippen LogP contribution in [-0.4, -0.2) is 11.6 Å². The molecule has 1 spiro atoms. The smallest absolute Gasteiger partial charge is 0.303 e. The van der Waals surface area contributed by atoms with Crippen LogP contribution in [0.4, 0.5) is 0 Å². The largest absolute Gasteiger partial charge is 0.459 e. The molecule has 3 fully saturated rings. The first-order valence-corrected chi connectivity index (χ1v) is 7.92. The van der Waals surface area contributed by atoms with Gasteiger partial charge >= 0.3 is 5.97 Å². The van der Waals surface area contributed by atoms with Crippen molar-refractivity contribution in [2.75, 3.05) is 0 Å². The number of carbonyl (C=O) groups is 1. The van der Waals surface area contributed by atoms with E-state index < -0.39 is 0 Å². The number of carbonyl (C=O) groups excluding carboxylic acids is 1. The highest BCUT2D eigenvalue weighted by molar-refractivity contribution is 5.66. The minimum Gasteiger partial charge on any atom is -0.459 e. The monoisotopic (exact) mass is 264 g/mol. The summed E-state index contributed by atoms with van der Waals surface area (Å²) in [6.45, 7) is 11.0. The molecule has 3 saturated carbocycles. The van der Waals surface area contributed by atoms with Crippen molar-refractivity contribution in [1.82, 2.24) is 0 Å². The molecule has 2 nitrogen and oxygen atoms in total. The van der Waals surface area contributed by atoms with Crippen molar-refractivity contribution in [3.63, 3.8) is 0 Å². The van der Waals surface area contributed by atoms with Gasteiger partial charge in [-0.1, -0.05) is 20.8 Å². The van der Waals surface area contributed by atoms with E-state index in [-0.39, 0.29) is 11.6 Å². The highest BCUT2D eigenvalue weighted by atomic mass is 16.6. The van der Waals surface area contributed by atoms with Gasteiger partial charge in [0, 0.05) is 12.8 Å². The number of rotatable bonds is 1. The summed E-state index contributed by atoms with van der Waals surface area (Å²) >= 11 is 0. The maximum atomic E-state index is 11.5. The van der Waals surface area contributed by atoms with Crippen LogP contribution in [-0.2, 0) is 9.53 Å². The summed E-state index contributed by atoms with van der Waals surface area (Å²) in [5, 5.41) is 0. The van der Waals surface area contributed by atoms with E-state index >= 15 is 0 Å². The van der Waals surface area contributed by atoms with Crippen LogP contribution in [0.1, 0.15) is 66.7 Å². The number of hydrogen-bond acceptors (Lipinski definition) is 2. The topological polar surface area (TPSA) is 26.3 Å². The van der Waals surface area contributed by atoms with Gasteiger partial charge in [0.15, 0.2) is 0 Å². The maximum Gasteiger partial charge on any atom is 0.303 e. The normalized spacial score (nSPS) is 50.9. The van der Waals surface area contributed by atoms with Crippen molar-refractivity contribution >= 4 is 5.97 Å².